The average Bonchev–Trinajstić information content (AvgIpc) is 2.62. The molecule has 2 rings (SSSR count). The normalized spacial score (nSPS) is 41.1. The maximum absolute atomic E-state index is 6.41. The Morgan fingerprint density at radius 2 is 2.21 bits per heavy atom. The third-order valence-electron chi connectivity index (χ3n) is 3.78. The second-order valence-electron chi connectivity index (χ2n) is 5.55. The van der Waals surface area contributed by atoms with Crippen LogP contribution in [0.15, 0.2) is 0 Å². The summed E-state index contributed by atoms with van der Waals surface area (Å²) < 4.78 is 5.82. The Bertz CT molecular complexity index is 204. The van der Waals surface area contributed by atoms with Gasteiger partial charge in [-0.1, -0.05) is 26.7 Å². The lowest BCUT2D eigenvalue weighted by molar-refractivity contribution is 0.0830. The molecule has 0 radical (unpaired) electrons. The molecule has 2 heteroatoms. The van der Waals surface area contributed by atoms with Crippen molar-refractivity contribution in [1.82, 2.24) is 0 Å². The predicted octanol–water partition coefficient (Wildman–Crippen LogP) is 2.46. The van der Waals surface area contributed by atoms with Gasteiger partial charge < -0.3 is 10.5 Å². The summed E-state index contributed by atoms with van der Waals surface area (Å²) in [5.74, 6) is 0.804. The van der Waals surface area contributed by atoms with E-state index >= 15 is 0 Å². The lowest BCUT2D eigenvalue weighted by Crippen LogP contribution is -2.48. The summed E-state index contributed by atoms with van der Waals surface area (Å²) in [6, 6.07) is 0. The first-order valence-electron chi connectivity index (χ1n) is 6.04. The van der Waals surface area contributed by atoms with Crippen molar-refractivity contribution in [3.05, 3.63) is 0 Å². The van der Waals surface area contributed by atoms with Gasteiger partial charge in [0.2, 0.25) is 0 Å². The Labute approximate surface area is 87.2 Å². The molecular weight excluding hydrogens is 174 g/mol. The van der Waals surface area contributed by atoms with Crippen molar-refractivity contribution in [3.63, 3.8) is 0 Å². The first-order chi connectivity index (χ1) is 6.60. The Morgan fingerprint density at radius 1 is 1.43 bits per heavy atom. The minimum atomic E-state index is 0.0256. The SMILES string of the molecule is CC(C)CCCC1(N)CC2CCC1O2. The van der Waals surface area contributed by atoms with E-state index in [0.717, 1.165) is 18.8 Å². The van der Waals surface area contributed by atoms with E-state index in [1.165, 1.54) is 25.7 Å². The molecule has 0 aromatic carbocycles. The zero-order chi connectivity index (χ0) is 10.2. The summed E-state index contributed by atoms with van der Waals surface area (Å²) in [4.78, 5) is 0. The molecule has 2 nitrogen and oxygen atoms in total. The molecule has 2 fully saturated rings. The van der Waals surface area contributed by atoms with Gasteiger partial charge in [-0.05, 0) is 31.6 Å². The molecule has 0 aliphatic carbocycles. The Hall–Kier alpha value is -0.0800. The van der Waals surface area contributed by atoms with Crippen molar-refractivity contribution in [2.75, 3.05) is 0 Å². The molecule has 2 heterocycles. The predicted molar refractivity (Wildman–Crippen MR) is 58.1 cm³/mol. The molecule has 3 atom stereocenters. The van der Waals surface area contributed by atoms with E-state index in [1.54, 1.807) is 0 Å². The van der Waals surface area contributed by atoms with Gasteiger partial charge in [0.05, 0.1) is 12.2 Å². The Morgan fingerprint density at radius 3 is 2.71 bits per heavy atom. The second-order valence-corrected chi connectivity index (χ2v) is 5.55. The largest absolute Gasteiger partial charge is 0.373 e. The van der Waals surface area contributed by atoms with Crippen LogP contribution in [0, 0.1) is 5.92 Å². The number of hydrogen-bond donors (Lipinski definition) is 1. The van der Waals surface area contributed by atoms with Crippen molar-refractivity contribution >= 4 is 0 Å². The number of nitrogens with two attached hydrogens (primary N) is 1. The monoisotopic (exact) mass is 197 g/mol. The molecule has 2 aliphatic rings. The average molecular weight is 197 g/mol. The summed E-state index contributed by atoms with van der Waals surface area (Å²) >= 11 is 0. The van der Waals surface area contributed by atoms with Gasteiger partial charge in [0.1, 0.15) is 0 Å². The number of fused-ring (bicyclic) bond motifs is 2. The van der Waals surface area contributed by atoms with Crippen molar-refractivity contribution in [2.45, 2.75) is 70.1 Å². The molecule has 0 saturated carbocycles. The van der Waals surface area contributed by atoms with E-state index in [1.807, 2.05) is 0 Å². The van der Waals surface area contributed by atoms with Crippen molar-refractivity contribution < 1.29 is 4.74 Å². The minimum Gasteiger partial charge on any atom is -0.373 e. The number of hydrogen-bond acceptors (Lipinski definition) is 2. The standard InChI is InChI=1S/C12H23NO/c1-9(2)4-3-7-12(13)8-10-5-6-11(12)14-10/h9-11H,3-8,13H2,1-2H3. The van der Waals surface area contributed by atoms with Gasteiger partial charge in [-0.15, -0.1) is 0 Å². The molecule has 2 bridgehead atoms. The Kier molecular flexibility index (Phi) is 2.85. The van der Waals surface area contributed by atoms with E-state index < -0.39 is 0 Å². The van der Waals surface area contributed by atoms with Crippen LogP contribution in [-0.4, -0.2) is 17.7 Å². The maximum atomic E-state index is 6.41. The Balaban J connectivity index is 1.79. The van der Waals surface area contributed by atoms with Crippen molar-refractivity contribution in [2.24, 2.45) is 11.7 Å². The second kappa shape index (κ2) is 3.82. The molecule has 3 unspecified atom stereocenters. The number of ether oxygens (including phenoxy) is 1. The zero-order valence-corrected chi connectivity index (χ0v) is 9.46. The highest BCUT2D eigenvalue weighted by Gasteiger charge is 2.49. The highest BCUT2D eigenvalue weighted by molar-refractivity contribution is 5.04. The van der Waals surface area contributed by atoms with Gasteiger partial charge in [-0.2, -0.15) is 0 Å². The van der Waals surface area contributed by atoms with Gasteiger partial charge in [-0.25, -0.2) is 0 Å². The van der Waals surface area contributed by atoms with Crippen LogP contribution in [0.5, 0.6) is 0 Å². The quantitative estimate of drug-likeness (QED) is 0.751. The van der Waals surface area contributed by atoms with Gasteiger partial charge >= 0.3 is 0 Å². The first-order valence-corrected chi connectivity index (χ1v) is 6.04. The fourth-order valence-electron chi connectivity index (χ4n) is 2.94. The van der Waals surface area contributed by atoms with Crippen LogP contribution < -0.4 is 5.73 Å². The van der Waals surface area contributed by atoms with Crippen LogP contribution in [-0.2, 0) is 4.74 Å². The summed E-state index contributed by atoms with van der Waals surface area (Å²) in [6.07, 6.45) is 8.14. The van der Waals surface area contributed by atoms with Crippen molar-refractivity contribution in [3.8, 4) is 0 Å². The molecule has 0 aromatic heterocycles. The summed E-state index contributed by atoms with van der Waals surface area (Å²) in [5.41, 5.74) is 6.43. The fraction of sp³-hybridized carbons (Fsp3) is 1.00. The topological polar surface area (TPSA) is 35.2 Å². The maximum Gasteiger partial charge on any atom is 0.0760 e. The molecule has 0 aromatic rings. The summed E-state index contributed by atoms with van der Waals surface area (Å²) in [7, 11) is 0. The molecule has 0 amide bonds. The summed E-state index contributed by atoms with van der Waals surface area (Å²) in [6.45, 7) is 4.56. The van der Waals surface area contributed by atoms with E-state index in [4.69, 9.17) is 10.5 Å². The van der Waals surface area contributed by atoms with Gasteiger partial charge in [0.15, 0.2) is 0 Å². The van der Waals surface area contributed by atoms with E-state index in [0.29, 0.717) is 12.2 Å². The van der Waals surface area contributed by atoms with Gasteiger partial charge in [0, 0.05) is 5.54 Å². The fourth-order valence-corrected chi connectivity index (χ4v) is 2.94. The van der Waals surface area contributed by atoms with Crippen LogP contribution in [0.4, 0.5) is 0 Å². The van der Waals surface area contributed by atoms with Crippen LogP contribution in [0.25, 0.3) is 0 Å². The highest BCUT2D eigenvalue weighted by Crippen LogP contribution is 2.42. The molecule has 14 heavy (non-hydrogen) atoms. The summed E-state index contributed by atoms with van der Waals surface area (Å²) in [5, 5.41) is 0. The molecule has 2 aliphatic heterocycles. The van der Waals surface area contributed by atoms with E-state index in [9.17, 15) is 0 Å². The highest BCUT2D eigenvalue weighted by atomic mass is 16.5. The lowest BCUT2D eigenvalue weighted by Gasteiger charge is -2.31. The molecule has 2 N–H and O–H groups in total. The van der Waals surface area contributed by atoms with Crippen LogP contribution in [0.3, 0.4) is 0 Å². The van der Waals surface area contributed by atoms with E-state index in [2.05, 4.69) is 13.8 Å². The third-order valence-corrected chi connectivity index (χ3v) is 3.78. The van der Waals surface area contributed by atoms with Crippen LogP contribution in [0.1, 0.15) is 52.4 Å². The molecule has 0 spiro atoms. The third kappa shape index (κ3) is 1.96. The van der Waals surface area contributed by atoms with Gasteiger partial charge in [-0.3, -0.25) is 0 Å². The van der Waals surface area contributed by atoms with Gasteiger partial charge in [0.25, 0.3) is 0 Å². The first kappa shape index (κ1) is 10.4. The smallest absolute Gasteiger partial charge is 0.0760 e. The number of rotatable bonds is 4. The molecule has 2 saturated heterocycles. The molecule has 82 valence electrons. The lowest BCUT2D eigenvalue weighted by atomic mass is 9.78. The zero-order valence-electron chi connectivity index (χ0n) is 9.46. The van der Waals surface area contributed by atoms with E-state index in [-0.39, 0.29) is 5.54 Å². The minimum absolute atomic E-state index is 0.0256. The van der Waals surface area contributed by atoms with Crippen molar-refractivity contribution in [1.29, 1.82) is 0 Å². The van der Waals surface area contributed by atoms with Crippen LogP contribution in [0.2, 0.25) is 0 Å². The molecular formula is C12H23NO. The van der Waals surface area contributed by atoms with Crippen LogP contribution >= 0.6 is 0 Å².